The number of hydrogen-bond acceptors (Lipinski definition) is 2. The van der Waals surface area contributed by atoms with Gasteiger partial charge in [-0.15, -0.1) is 0 Å². The number of fused-ring (bicyclic) bond motifs is 1. The fraction of sp³-hybridized carbons (Fsp3) is 0.500. The maximum atomic E-state index is 13.8. The van der Waals surface area contributed by atoms with Gasteiger partial charge in [0.05, 0.1) is 11.1 Å². The van der Waals surface area contributed by atoms with E-state index in [9.17, 15) is 9.18 Å². The number of anilines is 2. The number of para-hydroxylation sites is 1. The minimum Gasteiger partial charge on any atom is -0.372 e. The molecule has 0 bridgehead atoms. The first-order valence-electron chi connectivity index (χ1n) is 6.43. The highest BCUT2D eigenvalue weighted by atomic mass is 19.1. The molecule has 0 unspecified atom stereocenters. The molecular formula is C14H17FN2O. The van der Waals surface area contributed by atoms with E-state index in [0.29, 0.717) is 12.2 Å². The van der Waals surface area contributed by atoms with Crippen molar-refractivity contribution < 1.29 is 9.18 Å². The molecule has 1 amide bonds. The molecule has 1 fully saturated rings. The molecule has 1 aliphatic heterocycles. The highest BCUT2D eigenvalue weighted by Gasteiger charge is 2.44. The Kier molecular flexibility index (Phi) is 2.54. The predicted octanol–water partition coefficient (Wildman–Crippen LogP) is 2.77. The number of carbonyl (C=O) groups excluding carboxylic acids is 1. The minimum absolute atomic E-state index is 0.0179. The van der Waals surface area contributed by atoms with E-state index < -0.39 is 0 Å². The highest BCUT2D eigenvalue weighted by molar-refractivity contribution is 6.00. The monoisotopic (exact) mass is 248 g/mol. The summed E-state index contributed by atoms with van der Waals surface area (Å²) in [5.74, 6) is -0.376. The summed E-state index contributed by atoms with van der Waals surface area (Å²) in [7, 11) is 1.93. The number of nitrogens with one attached hydrogen (secondary N) is 1. The van der Waals surface area contributed by atoms with Gasteiger partial charge in [0.15, 0.2) is 0 Å². The first-order chi connectivity index (χ1) is 8.62. The molecule has 96 valence electrons. The maximum absolute atomic E-state index is 13.8. The summed E-state index contributed by atoms with van der Waals surface area (Å²) in [6, 6.07) is 4.93. The lowest BCUT2D eigenvalue weighted by Gasteiger charge is -2.29. The number of amides is 1. The van der Waals surface area contributed by atoms with Crippen molar-refractivity contribution in [3.63, 3.8) is 0 Å². The molecule has 0 atom stereocenters. The molecule has 1 saturated carbocycles. The van der Waals surface area contributed by atoms with Gasteiger partial charge in [0.1, 0.15) is 11.5 Å². The topological polar surface area (TPSA) is 32.3 Å². The third-order valence-electron chi connectivity index (χ3n) is 4.22. The molecule has 4 heteroatoms. The fourth-order valence-electron chi connectivity index (χ4n) is 3.25. The van der Waals surface area contributed by atoms with Crippen molar-refractivity contribution in [3.05, 3.63) is 24.0 Å². The molecule has 2 aliphatic rings. The fourth-order valence-corrected chi connectivity index (χ4v) is 3.25. The van der Waals surface area contributed by atoms with Gasteiger partial charge in [0.25, 0.3) is 0 Å². The van der Waals surface area contributed by atoms with E-state index >= 15 is 0 Å². The van der Waals surface area contributed by atoms with Crippen LogP contribution in [-0.4, -0.2) is 19.5 Å². The van der Waals surface area contributed by atoms with Crippen LogP contribution in [0.2, 0.25) is 0 Å². The standard InChI is InChI=1S/C14H17FN2O/c1-17-9-14(7-2-3-8-14)13(18)16-12-10(15)5-4-6-11(12)17/h4-6H,2-3,7-9H2,1H3,(H,16,18). The van der Waals surface area contributed by atoms with E-state index in [0.717, 1.165) is 31.4 Å². The summed E-state index contributed by atoms with van der Waals surface area (Å²) >= 11 is 0. The maximum Gasteiger partial charge on any atom is 0.232 e. The van der Waals surface area contributed by atoms with Gasteiger partial charge in [0, 0.05) is 13.6 Å². The zero-order valence-corrected chi connectivity index (χ0v) is 10.5. The molecule has 1 heterocycles. The Morgan fingerprint density at radius 1 is 1.33 bits per heavy atom. The Morgan fingerprint density at radius 2 is 2.06 bits per heavy atom. The van der Waals surface area contributed by atoms with Gasteiger partial charge in [-0.05, 0) is 25.0 Å². The van der Waals surface area contributed by atoms with E-state index in [4.69, 9.17) is 0 Å². The minimum atomic E-state index is -0.359. The lowest BCUT2D eigenvalue weighted by atomic mass is 9.85. The van der Waals surface area contributed by atoms with Crippen LogP contribution in [0.5, 0.6) is 0 Å². The summed E-state index contributed by atoms with van der Waals surface area (Å²) < 4.78 is 13.8. The van der Waals surface area contributed by atoms with Crippen LogP contribution in [0, 0.1) is 11.2 Å². The van der Waals surface area contributed by atoms with Crippen LogP contribution >= 0.6 is 0 Å². The average molecular weight is 248 g/mol. The Bertz CT molecular complexity index is 495. The third-order valence-corrected chi connectivity index (χ3v) is 4.22. The van der Waals surface area contributed by atoms with Crippen LogP contribution in [0.4, 0.5) is 15.8 Å². The van der Waals surface area contributed by atoms with Gasteiger partial charge in [-0.25, -0.2) is 4.39 Å². The molecule has 1 aliphatic carbocycles. The summed E-state index contributed by atoms with van der Waals surface area (Å²) in [5, 5.41) is 2.80. The smallest absolute Gasteiger partial charge is 0.232 e. The van der Waals surface area contributed by atoms with Crippen LogP contribution in [-0.2, 0) is 4.79 Å². The molecule has 0 radical (unpaired) electrons. The molecular weight excluding hydrogens is 231 g/mol. The average Bonchev–Trinajstić information content (AvgIpc) is 2.77. The summed E-state index contributed by atoms with van der Waals surface area (Å²) in [6.07, 6.45) is 3.97. The van der Waals surface area contributed by atoms with Gasteiger partial charge in [0.2, 0.25) is 5.91 Å². The van der Waals surface area contributed by atoms with E-state index in [1.807, 2.05) is 18.0 Å². The summed E-state index contributed by atoms with van der Waals surface area (Å²) in [6.45, 7) is 0.676. The quantitative estimate of drug-likeness (QED) is 0.765. The summed E-state index contributed by atoms with van der Waals surface area (Å²) in [4.78, 5) is 14.4. The van der Waals surface area contributed by atoms with Gasteiger partial charge >= 0.3 is 0 Å². The normalized spacial score (nSPS) is 21.7. The van der Waals surface area contributed by atoms with Crippen molar-refractivity contribution in [1.82, 2.24) is 0 Å². The Labute approximate surface area is 106 Å². The van der Waals surface area contributed by atoms with Crippen molar-refractivity contribution >= 4 is 17.3 Å². The van der Waals surface area contributed by atoms with Crippen LogP contribution in [0.15, 0.2) is 18.2 Å². The lowest BCUT2D eigenvalue weighted by Crippen LogP contribution is -2.40. The molecule has 1 aromatic rings. The number of halogens is 1. The van der Waals surface area contributed by atoms with Crippen LogP contribution < -0.4 is 10.2 Å². The van der Waals surface area contributed by atoms with Gasteiger partial charge in [-0.2, -0.15) is 0 Å². The Morgan fingerprint density at radius 3 is 2.78 bits per heavy atom. The van der Waals surface area contributed by atoms with Crippen molar-refractivity contribution in [2.24, 2.45) is 5.41 Å². The number of benzene rings is 1. The van der Waals surface area contributed by atoms with E-state index in [1.54, 1.807) is 6.07 Å². The third kappa shape index (κ3) is 1.59. The Hall–Kier alpha value is -1.58. The first kappa shape index (κ1) is 11.5. The van der Waals surface area contributed by atoms with E-state index in [2.05, 4.69) is 5.32 Å². The highest BCUT2D eigenvalue weighted by Crippen LogP contribution is 2.44. The Balaban J connectivity index is 2.06. The SMILES string of the molecule is CN1CC2(CCCC2)C(=O)Nc2c(F)cccc21. The number of hydrogen-bond donors (Lipinski definition) is 1. The van der Waals surface area contributed by atoms with Gasteiger partial charge < -0.3 is 10.2 Å². The second kappa shape index (κ2) is 3.97. The molecule has 0 saturated heterocycles. The molecule has 18 heavy (non-hydrogen) atoms. The van der Waals surface area contributed by atoms with E-state index in [-0.39, 0.29) is 17.1 Å². The number of rotatable bonds is 0. The van der Waals surface area contributed by atoms with Crippen LogP contribution in [0.1, 0.15) is 25.7 Å². The van der Waals surface area contributed by atoms with Crippen molar-refractivity contribution in [3.8, 4) is 0 Å². The zero-order chi connectivity index (χ0) is 12.8. The van der Waals surface area contributed by atoms with Crippen molar-refractivity contribution in [2.75, 3.05) is 23.8 Å². The predicted molar refractivity (Wildman–Crippen MR) is 69.2 cm³/mol. The summed E-state index contributed by atoms with van der Waals surface area (Å²) in [5.41, 5.74) is 0.765. The van der Waals surface area contributed by atoms with Crippen LogP contribution in [0.25, 0.3) is 0 Å². The zero-order valence-electron chi connectivity index (χ0n) is 10.5. The van der Waals surface area contributed by atoms with Crippen molar-refractivity contribution in [2.45, 2.75) is 25.7 Å². The lowest BCUT2D eigenvalue weighted by molar-refractivity contribution is -0.124. The molecule has 1 aromatic carbocycles. The first-order valence-corrected chi connectivity index (χ1v) is 6.43. The molecule has 0 aromatic heterocycles. The van der Waals surface area contributed by atoms with Crippen molar-refractivity contribution in [1.29, 1.82) is 0 Å². The second-order valence-electron chi connectivity index (χ2n) is 5.43. The number of nitrogens with zero attached hydrogens (tertiary/aromatic N) is 1. The van der Waals surface area contributed by atoms with E-state index in [1.165, 1.54) is 6.07 Å². The largest absolute Gasteiger partial charge is 0.372 e. The molecule has 3 rings (SSSR count). The molecule has 1 N–H and O–H groups in total. The van der Waals surface area contributed by atoms with Gasteiger partial charge in [-0.1, -0.05) is 18.9 Å². The molecule has 1 spiro atoms. The molecule has 3 nitrogen and oxygen atoms in total. The van der Waals surface area contributed by atoms with Gasteiger partial charge in [-0.3, -0.25) is 4.79 Å². The second-order valence-corrected chi connectivity index (χ2v) is 5.43. The number of carbonyl (C=O) groups is 1. The van der Waals surface area contributed by atoms with Crippen LogP contribution in [0.3, 0.4) is 0 Å².